The fourth-order valence-electron chi connectivity index (χ4n) is 1.35. The smallest absolute Gasteiger partial charge is 0.105 e. The number of hydrogen-bond donors (Lipinski definition) is 1. The van der Waals surface area contributed by atoms with Crippen molar-refractivity contribution in [1.82, 2.24) is 5.48 Å². The summed E-state index contributed by atoms with van der Waals surface area (Å²) < 4.78 is 0. The fourth-order valence-corrected chi connectivity index (χ4v) is 1.55. The highest BCUT2D eigenvalue weighted by Crippen LogP contribution is 2.25. The first-order valence-electron chi connectivity index (χ1n) is 4.00. The molecule has 1 aliphatic heterocycles. The van der Waals surface area contributed by atoms with Crippen LogP contribution in [0.3, 0.4) is 0 Å². The van der Waals surface area contributed by atoms with Crippen LogP contribution in [0, 0.1) is 0 Å². The molecule has 2 nitrogen and oxygen atoms in total. The van der Waals surface area contributed by atoms with E-state index in [-0.39, 0.29) is 6.10 Å². The molecule has 0 saturated carbocycles. The molecule has 1 N–H and O–H groups in total. The normalized spacial score (nSPS) is 22.9. The highest BCUT2D eigenvalue weighted by Gasteiger charge is 2.17. The van der Waals surface area contributed by atoms with Crippen molar-refractivity contribution < 1.29 is 4.84 Å². The van der Waals surface area contributed by atoms with Crippen LogP contribution in [0.4, 0.5) is 0 Å². The highest BCUT2D eigenvalue weighted by molar-refractivity contribution is 6.30. The summed E-state index contributed by atoms with van der Waals surface area (Å²) in [6.45, 7) is 0.914. The Morgan fingerprint density at radius 3 is 3.08 bits per heavy atom. The summed E-state index contributed by atoms with van der Waals surface area (Å²) in [5.41, 5.74) is 3.99. The number of nitrogens with one attached hydrogen (secondary N) is 1. The van der Waals surface area contributed by atoms with Crippen molar-refractivity contribution in [2.45, 2.75) is 12.5 Å². The van der Waals surface area contributed by atoms with Gasteiger partial charge in [-0.05, 0) is 24.1 Å². The molecule has 12 heavy (non-hydrogen) atoms. The van der Waals surface area contributed by atoms with Gasteiger partial charge in [-0.2, -0.15) is 0 Å². The minimum atomic E-state index is 0.170. The summed E-state index contributed by atoms with van der Waals surface area (Å²) in [7, 11) is 0. The summed E-state index contributed by atoms with van der Waals surface area (Å²) in [5, 5.41) is 0.767. The van der Waals surface area contributed by atoms with E-state index >= 15 is 0 Å². The Labute approximate surface area is 76.4 Å². The largest absolute Gasteiger partial charge is 0.294 e. The van der Waals surface area contributed by atoms with Gasteiger partial charge in [0.15, 0.2) is 0 Å². The Morgan fingerprint density at radius 1 is 1.50 bits per heavy atom. The molecule has 1 aromatic carbocycles. The van der Waals surface area contributed by atoms with Gasteiger partial charge in [0, 0.05) is 11.6 Å². The van der Waals surface area contributed by atoms with Crippen LogP contribution in [0.15, 0.2) is 24.3 Å². The SMILES string of the molecule is Clc1cccc(C2CCNO2)c1. The number of rotatable bonds is 1. The fraction of sp³-hybridized carbons (Fsp3) is 0.333. The molecule has 0 aliphatic carbocycles. The van der Waals surface area contributed by atoms with Crippen LogP contribution in [0.5, 0.6) is 0 Å². The van der Waals surface area contributed by atoms with Gasteiger partial charge in [0.05, 0.1) is 0 Å². The van der Waals surface area contributed by atoms with Crippen molar-refractivity contribution in [3.05, 3.63) is 34.9 Å². The molecule has 0 spiro atoms. The first kappa shape index (κ1) is 8.05. The molecule has 1 heterocycles. The first-order chi connectivity index (χ1) is 5.86. The van der Waals surface area contributed by atoms with Crippen LogP contribution in [0.25, 0.3) is 0 Å². The van der Waals surface area contributed by atoms with Gasteiger partial charge in [-0.1, -0.05) is 23.7 Å². The van der Waals surface area contributed by atoms with Crippen molar-refractivity contribution in [2.75, 3.05) is 6.54 Å². The molecule has 1 saturated heterocycles. The monoisotopic (exact) mass is 183 g/mol. The number of halogens is 1. The Hall–Kier alpha value is -0.570. The van der Waals surface area contributed by atoms with Crippen molar-refractivity contribution in [3.63, 3.8) is 0 Å². The topological polar surface area (TPSA) is 21.3 Å². The number of hydroxylamine groups is 1. The molecule has 2 rings (SSSR count). The van der Waals surface area contributed by atoms with Gasteiger partial charge in [-0.15, -0.1) is 0 Å². The summed E-state index contributed by atoms with van der Waals surface area (Å²) >= 11 is 5.85. The van der Waals surface area contributed by atoms with Crippen molar-refractivity contribution in [3.8, 4) is 0 Å². The van der Waals surface area contributed by atoms with Crippen LogP contribution in [0.2, 0.25) is 5.02 Å². The van der Waals surface area contributed by atoms with Gasteiger partial charge in [0.1, 0.15) is 6.10 Å². The van der Waals surface area contributed by atoms with E-state index in [1.807, 2.05) is 24.3 Å². The van der Waals surface area contributed by atoms with Gasteiger partial charge in [0.25, 0.3) is 0 Å². The van der Waals surface area contributed by atoms with Crippen LogP contribution in [-0.4, -0.2) is 6.54 Å². The van der Waals surface area contributed by atoms with E-state index in [9.17, 15) is 0 Å². The zero-order chi connectivity index (χ0) is 8.39. The molecule has 0 radical (unpaired) electrons. The summed E-state index contributed by atoms with van der Waals surface area (Å²) in [4.78, 5) is 5.29. The molecular weight excluding hydrogens is 174 g/mol. The quantitative estimate of drug-likeness (QED) is 0.722. The lowest BCUT2D eigenvalue weighted by Gasteiger charge is -2.07. The lowest BCUT2D eigenvalue weighted by Crippen LogP contribution is -2.04. The van der Waals surface area contributed by atoms with E-state index in [4.69, 9.17) is 16.4 Å². The molecule has 64 valence electrons. The van der Waals surface area contributed by atoms with Crippen molar-refractivity contribution >= 4 is 11.6 Å². The highest BCUT2D eigenvalue weighted by atomic mass is 35.5. The lowest BCUT2D eigenvalue weighted by atomic mass is 10.1. The minimum absolute atomic E-state index is 0.170. The van der Waals surface area contributed by atoms with Crippen LogP contribution in [-0.2, 0) is 4.84 Å². The second-order valence-corrected chi connectivity index (χ2v) is 3.28. The van der Waals surface area contributed by atoms with E-state index in [1.54, 1.807) is 0 Å². The molecule has 0 aromatic heterocycles. The van der Waals surface area contributed by atoms with Crippen molar-refractivity contribution in [2.24, 2.45) is 0 Å². The standard InChI is InChI=1S/C9H10ClNO/c10-8-3-1-2-7(6-8)9-4-5-11-12-9/h1-3,6,9,11H,4-5H2. The van der Waals surface area contributed by atoms with Gasteiger partial charge >= 0.3 is 0 Å². The summed E-state index contributed by atoms with van der Waals surface area (Å²) in [5.74, 6) is 0. The lowest BCUT2D eigenvalue weighted by molar-refractivity contribution is 0.0336. The van der Waals surface area contributed by atoms with Crippen LogP contribution in [0.1, 0.15) is 18.1 Å². The molecule has 0 amide bonds. The predicted molar refractivity (Wildman–Crippen MR) is 47.9 cm³/mol. The Kier molecular flexibility index (Phi) is 2.30. The van der Waals surface area contributed by atoms with Gasteiger partial charge in [0.2, 0.25) is 0 Å². The zero-order valence-electron chi connectivity index (χ0n) is 6.59. The predicted octanol–water partition coefficient (Wildman–Crippen LogP) is 2.31. The first-order valence-corrected chi connectivity index (χ1v) is 4.38. The Morgan fingerprint density at radius 2 is 2.42 bits per heavy atom. The maximum atomic E-state index is 5.85. The molecule has 1 aromatic rings. The molecule has 1 unspecified atom stereocenters. The molecule has 1 aliphatic rings. The third-order valence-corrected chi connectivity index (χ3v) is 2.19. The maximum Gasteiger partial charge on any atom is 0.105 e. The van der Waals surface area contributed by atoms with E-state index < -0.39 is 0 Å². The minimum Gasteiger partial charge on any atom is -0.294 e. The Balaban J connectivity index is 2.21. The maximum absolute atomic E-state index is 5.85. The van der Waals surface area contributed by atoms with E-state index in [0.717, 1.165) is 23.6 Å². The summed E-state index contributed by atoms with van der Waals surface area (Å²) in [6, 6.07) is 7.79. The number of hydrogen-bond acceptors (Lipinski definition) is 2. The van der Waals surface area contributed by atoms with E-state index in [2.05, 4.69) is 5.48 Å². The number of benzene rings is 1. The Bertz CT molecular complexity index is 271. The molecule has 1 fully saturated rings. The molecular formula is C9H10ClNO. The van der Waals surface area contributed by atoms with Gasteiger partial charge < -0.3 is 0 Å². The van der Waals surface area contributed by atoms with Gasteiger partial charge in [-0.3, -0.25) is 4.84 Å². The average molecular weight is 184 g/mol. The zero-order valence-corrected chi connectivity index (χ0v) is 7.34. The molecule has 1 atom stereocenters. The second kappa shape index (κ2) is 3.44. The van der Waals surface area contributed by atoms with Crippen molar-refractivity contribution in [1.29, 1.82) is 0 Å². The van der Waals surface area contributed by atoms with Crippen LogP contribution >= 0.6 is 11.6 Å². The second-order valence-electron chi connectivity index (χ2n) is 2.84. The third-order valence-electron chi connectivity index (χ3n) is 1.95. The van der Waals surface area contributed by atoms with E-state index in [0.29, 0.717) is 0 Å². The van der Waals surface area contributed by atoms with Gasteiger partial charge in [-0.25, -0.2) is 5.48 Å². The molecule has 0 bridgehead atoms. The van der Waals surface area contributed by atoms with E-state index in [1.165, 1.54) is 0 Å². The molecule has 3 heteroatoms. The average Bonchev–Trinajstić information content (AvgIpc) is 2.56. The van der Waals surface area contributed by atoms with Crippen LogP contribution < -0.4 is 5.48 Å². The summed E-state index contributed by atoms with van der Waals surface area (Å²) in [6.07, 6.45) is 1.18. The third kappa shape index (κ3) is 1.61.